The first kappa shape index (κ1) is 18.9. The highest BCUT2D eigenvalue weighted by atomic mass is 32.2. The zero-order chi connectivity index (χ0) is 20.2. The van der Waals surface area contributed by atoms with Crippen molar-refractivity contribution in [3.8, 4) is 16.9 Å². The van der Waals surface area contributed by atoms with Crippen LogP contribution in [0.5, 0.6) is 5.75 Å². The lowest BCUT2D eigenvalue weighted by atomic mass is 10.1. The van der Waals surface area contributed by atoms with Crippen LogP contribution in [0.25, 0.3) is 22.2 Å². The van der Waals surface area contributed by atoms with Crippen LogP contribution < -0.4 is 10.1 Å². The molecule has 2 aromatic carbocycles. The van der Waals surface area contributed by atoms with Crippen molar-refractivity contribution in [3.63, 3.8) is 0 Å². The molecule has 0 aliphatic rings. The minimum Gasteiger partial charge on any atom is -0.497 e. The van der Waals surface area contributed by atoms with Crippen molar-refractivity contribution in [1.82, 2.24) is 15.0 Å². The summed E-state index contributed by atoms with van der Waals surface area (Å²) in [5, 5.41) is 3.51. The Kier molecular flexibility index (Phi) is 5.44. The summed E-state index contributed by atoms with van der Waals surface area (Å²) >= 11 is 1.31. The third-order valence-corrected chi connectivity index (χ3v) is 5.27. The number of benzene rings is 2. The van der Waals surface area contributed by atoms with E-state index in [1.807, 2.05) is 18.3 Å². The average Bonchev–Trinajstić information content (AvgIpc) is 3.18. The highest BCUT2D eigenvalue weighted by Gasteiger charge is 2.14. The van der Waals surface area contributed by atoms with Crippen molar-refractivity contribution in [3.05, 3.63) is 66.9 Å². The normalized spacial score (nSPS) is 10.8. The van der Waals surface area contributed by atoms with Gasteiger partial charge in [-0.05, 0) is 29.8 Å². The Labute approximate surface area is 170 Å². The van der Waals surface area contributed by atoms with Crippen LogP contribution in [0.15, 0.2) is 66.1 Å². The Morgan fingerprint density at radius 3 is 2.83 bits per heavy atom. The number of hydrogen-bond acceptors (Lipinski definition) is 5. The number of nitrogens with one attached hydrogen (secondary N) is 2. The molecule has 0 spiro atoms. The molecule has 0 saturated heterocycles. The fourth-order valence-corrected chi connectivity index (χ4v) is 3.67. The van der Waals surface area contributed by atoms with Crippen molar-refractivity contribution >= 4 is 34.4 Å². The Hall–Kier alpha value is -3.39. The number of halogens is 1. The Morgan fingerprint density at radius 2 is 2.03 bits per heavy atom. The van der Waals surface area contributed by atoms with E-state index >= 15 is 0 Å². The van der Waals surface area contributed by atoms with Gasteiger partial charge in [0.2, 0.25) is 5.91 Å². The zero-order valence-corrected chi connectivity index (χ0v) is 16.3. The lowest BCUT2D eigenvalue weighted by molar-refractivity contribution is -0.113. The molecule has 29 heavy (non-hydrogen) atoms. The maximum atomic E-state index is 13.2. The molecule has 1 amide bonds. The molecule has 4 rings (SSSR count). The SMILES string of the molecule is COc1cccc(NC(=O)CSc2ncnc3c(-c4ccc(F)cc4)c[nH]c23)c1. The number of nitrogens with zero attached hydrogens (tertiary/aromatic N) is 2. The topological polar surface area (TPSA) is 79.9 Å². The molecule has 0 unspecified atom stereocenters. The van der Waals surface area contributed by atoms with E-state index in [0.717, 1.165) is 22.2 Å². The van der Waals surface area contributed by atoms with Gasteiger partial charge in [0.25, 0.3) is 0 Å². The van der Waals surface area contributed by atoms with Crippen LogP contribution in [0, 0.1) is 5.82 Å². The molecule has 146 valence electrons. The number of thioether (sulfide) groups is 1. The van der Waals surface area contributed by atoms with Gasteiger partial charge in [-0.15, -0.1) is 0 Å². The van der Waals surface area contributed by atoms with Crippen LogP contribution in [0.3, 0.4) is 0 Å². The van der Waals surface area contributed by atoms with Crippen LogP contribution >= 0.6 is 11.8 Å². The molecule has 6 nitrogen and oxygen atoms in total. The monoisotopic (exact) mass is 408 g/mol. The van der Waals surface area contributed by atoms with Crippen molar-refractivity contribution in [2.24, 2.45) is 0 Å². The fourth-order valence-electron chi connectivity index (χ4n) is 2.91. The summed E-state index contributed by atoms with van der Waals surface area (Å²) in [5.74, 6) is 0.420. The predicted molar refractivity (Wildman–Crippen MR) is 112 cm³/mol. The number of H-pyrrole nitrogens is 1. The van der Waals surface area contributed by atoms with E-state index in [1.54, 1.807) is 31.4 Å². The number of fused-ring (bicyclic) bond motifs is 1. The van der Waals surface area contributed by atoms with Crippen LogP contribution in [-0.2, 0) is 4.79 Å². The second-order valence-corrected chi connectivity index (χ2v) is 7.14. The minimum atomic E-state index is -0.290. The zero-order valence-electron chi connectivity index (χ0n) is 15.5. The molecule has 8 heteroatoms. The Bertz CT molecular complexity index is 1160. The Morgan fingerprint density at radius 1 is 1.21 bits per heavy atom. The average molecular weight is 408 g/mol. The van der Waals surface area contributed by atoms with Crippen LogP contribution in [0.1, 0.15) is 0 Å². The molecule has 0 aliphatic heterocycles. The van der Waals surface area contributed by atoms with Gasteiger partial charge in [-0.3, -0.25) is 4.79 Å². The van der Waals surface area contributed by atoms with E-state index in [4.69, 9.17) is 4.74 Å². The van der Waals surface area contributed by atoms with Gasteiger partial charge < -0.3 is 15.0 Å². The lowest BCUT2D eigenvalue weighted by Crippen LogP contribution is -2.14. The summed E-state index contributed by atoms with van der Waals surface area (Å²) in [5.41, 5.74) is 3.84. The number of carbonyl (C=O) groups is 1. The van der Waals surface area contributed by atoms with Gasteiger partial charge in [-0.2, -0.15) is 0 Å². The first-order valence-corrected chi connectivity index (χ1v) is 9.77. The van der Waals surface area contributed by atoms with Crippen molar-refractivity contribution in [1.29, 1.82) is 0 Å². The quantitative estimate of drug-likeness (QED) is 0.363. The molecule has 2 heterocycles. The molecule has 0 aliphatic carbocycles. The van der Waals surface area contributed by atoms with Crippen LogP contribution in [0.2, 0.25) is 0 Å². The van der Waals surface area contributed by atoms with Gasteiger partial charge in [-0.25, -0.2) is 14.4 Å². The molecule has 0 atom stereocenters. The number of amides is 1. The number of hydrogen-bond donors (Lipinski definition) is 2. The first-order valence-electron chi connectivity index (χ1n) is 8.79. The molecule has 2 N–H and O–H groups in total. The van der Waals surface area contributed by atoms with Gasteiger partial charge in [0.1, 0.15) is 28.4 Å². The number of anilines is 1. The van der Waals surface area contributed by atoms with Gasteiger partial charge in [-0.1, -0.05) is 30.0 Å². The maximum Gasteiger partial charge on any atom is 0.234 e. The van der Waals surface area contributed by atoms with E-state index in [-0.39, 0.29) is 17.5 Å². The van der Waals surface area contributed by atoms with E-state index in [2.05, 4.69) is 20.3 Å². The van der Waals surface area contributed by atoms with Gasteiger partial charge in [0.15, 0.2) is 0 Å². The van der Waals surface area contributed by atoms with Crippen molar-refractivity contribution in [2.45, 2.75) is 5.03 Å². The molecular weight excluding hydrogens is 391 g/mol. The van der Waals surface area contributed by atoms with E-state index < -0.39 is 0 Å². The highest BCUT2D eigenvalue weighted by molar-refractivity contribution is 8.00. The van der Waals surface area contributed by atoms with E-state index in [1.165, 1.54) is 30.2 Å². The Balaban J connectivity index is 1.49. The number of methoxy groups -OCH3 is 1. The predicted octanol–water partition coefficient (Wildman–Crippen LogP) is 4.50. The molecule has 0 fully saturated rings. The second-order valence-electron chi connectivity index (χ2n) is 6.18. The summed E-state index contributed by atoms with van der Waals surface area (Å²) in [6.07, 6.45) is 3.28. The second kappa shape index (κ2) is 8.32. The van der Waals surface area contributed by atoms with E-state index in [9.17, 15) is 9.18 Å². The van der Waals surface area contributed by atoms with Crippen molar-refractivity contribution < 1.29 is 13.9 Å². The van der Waals surface area contributed by atoms with Crippen LogP contribution in [0.4, 0.5) is 10.1 Å². The van der Waals surface area contributed by atoms with Crippen LogP contribution in [-0.4, -0.2) is 33.7 Å². The van der Waals surface area contributed by atoms with E-state index in [0.29, 0.717) is 16.5 Å². The lowest BCUT2D eigenvalue weighted by Gasteiger charge is -2.07. The summed E-state index contributed by atoms with van der Waals surface area (Å²) < 4.78 is 18.4. The third-order valence-electron chi connectivity index (χ3n) is 4.28. The smallest absolute Gasteiger partial charge is 0.234 e. The molecule has 0 radical (unpaired) electrons. The number of rotatable bonds is 6. The first-order chi connectivity index (χ1) is 14.1. The molecule has 2 aromatic heterocycles. The standard InChI is InChI=1S/C21H17FN4O2S/c1-28-16-4-2-3-15(9-16)26-18(27)11-29-21-20-19(24-12-25-21)17(10-23-20)13-5-7-14(22)8-6-13/h2-10,12,23H,11H2,1H3,(H,26,27). The fraction of sp³-hybridized carbons (Fsp3) is 0.0952. The number of carbonyl (C=O) groups excluding carboxylic acids is 1. The summed E-state index contributed by atoms with van der Waals surface area (Å²) in [7, 11) is 1.58. The van der Waals surface area contributed by atoms with Gasteiger partial charge >= 0.3 is 0 Å². The third kappa shape index (κ3) is 4.22. The number of aromatic amines is 1. The number of aromatic nitrogens is 3. The molecule has 4 aromatic rings. The largest absolute Gasteiger partial charge is 0.497 e. The van der Waals surface area contributed by atoms with Gasteiger partial charge in [0.05, 0.1) is 18.4 Å². The molecular formula is C21H17FN4O2S. The summed E-state index contributed by atoms with van der Waals surface area (Å²) in [4.78, 5) is 24.1. The molecule has 0 saturated carbocycles. The van der Waals surface area contributed by atoms with Gasteiger partial charge in [0, 0.05) is 23.5 Å². The van der Waals surface area contributed by atoms with Crippen molar-refractivity contribution in [2.75, 3.05) is 18.2 Å². The molecule has 0 bridgehead atoms. The summed E-state index contributed by atoms with van der Waals surface area (Å²) in [6, 6.07) is 13.4. The highest BCUT2D eigenvalue weighted by Crippen LogP contribution is 2.31. The number of ether oxygens (including phenoxy) is 1. The maximum absolute atomic E-state index is 13.2. The minimum absolute atomic E-state index is 0.152. The summed E-state index contributed by atoms with van der Waals surface area (Å²) in [6.45, 7) is 0.